The molecule has 0 N–H and O–H groups in total. The van der Waals surface area contributed by atoms with Gasteiger partial charge in [-0.3, -0.25) is 0 Å². The van der Waals surface area contributed by atoms with Gasteiger partial charge in [-0.15, -0.1) is 0 Å². The number of hydrogen-bond donors (Lipinski definition) is 0. The van der Waals surface area contributed by atoms with Crippen molar-refractivity contribution in [2.24, 2.45) is 107 Å². The van der Waals surface area contributed by atoms with Crippen molar-refractivity contribution >= 4 is 0 Å². The van der Waals surface area contributed by atoms with Gasteiger partial charge < -0.3 is 0 Å². The van der Waals surface area contributed by atoms with E-state index in [1.807, 2.05) is 0 Å². The Hall–Kier alpha value is 0. The number of unbranched alkanes of at least 4 members (excludes halogenated alkanes) is 1. The first kappa shape index (κ1) is 57.7. The Morgan fingerprint density at radius 3 is 0.486 bits per heavy atom. The third kappa shape index (κ3) is 21.2. The van der Waals surface area contributed by atoms with Crippen molar-refractivity contribution in [1.82, 2.24) is 0 Å². The summed E-state index contributed by atoms with van der Waals surface area (Å²) in [4.78, 5) is 0. The summed E-state index contributed by atoms with van der Waals surface area (Å²) in [6, 6.07) is 0. The molecule has 0 unspecified atom stereocenters. The third-order valence-electron chi connectivity index (χ3n) is 24.2. The quantitative estimate of drug-likeness (QED) is 0.135. The maximum absolute atomic E-state index is 2.46. The lowest BCUT2D eigenvalue weighted by molar-refractivity contribution is 0.142. The molecule has 0 aliphatic heterocycles. The predicted octanol–water partition coefficient (Wildman–Crippen LogP) is 23.2. The predicted molar refractivity (Wildman–Crippen MR) is 309 cm³/mol. The molecule has 0 bridgehead atoms. The van der Waals surface area contributed by atoms with Crippen molar-refractivity contribution < 1.29 is 0 Å². The molecule has 0 amide bonds. The van der Waals surface area contributed by atoms with Crippen molar-refractivity contribution in [3.63, 3.8) is 0 Å². The van der Waals surface area contributed by atoms with Crippen molar-refractivity contribution in [2.45, 2.75) is 337 Å². The zero-order valence-corrected chi connectivity index (χ0v) is 48.9. The van der Waals surface area contributed by atoms with Crippen LogP contribution in [0.3, 0.4) is 0 Å². The minimum Gasteiger partial charge on any atom is -0.0625 e. The van der Waals surface area contributed by atoms with Crippen LogP contribution in [0.15, 0.2) is 0 Å². The van der Waals surface area contributed by atoms with Crippen LogP contribution in [0.4, 0.5) is 0 Å². The van der Waals surface area contributed by atoms with E-state index in [1.165, 1.54) is 141 Å². The third-order valence-corrected chi connectivity index (χ3v) is 24.2. The van der Waals surface area contributed by atoms with E-state index < -0.39 is 0 Å². The van der Waals surface area contributed by atoms with Crippen LogP contribution in [-0.2, 0) is 0 Å². The minimum atomic E-state index is 1.02. The molecule has 9 aliphatic carbocycles. The van der Waals surface area contributed by atoms with Gasteiger partial charge in [0.1, 0.15) is 0 Å². The fraction of sp³-hybridized carbons (Fsp3) is 1.00. The van der Waals surface area contributed by atoms with Crippen LogP contribution in [-0.4, -0.2) is 0 Å². The second kappa shape index (κ2) is 31.9. The average molecular weight is 970 g/mol. The van der Waals surface area contributed by atoms with E-state index in [1.54, 1.807) is 154 Å². The Balaban J connectivity index is 0.000000155. The number of rotatable bonds is 16. The van der Waals surface area contributed by atoms with Crippen LogP contribution in [0.2, 0.25) is 0 Å². The summed E-state index contributed by atoms with van der Waals surface area (Å²) in [5, 5.41) is 0. The van der Waals surface area contributed by atoms with Gasteiger partial charge >= 0.3 is 0 Å². The van der Waals surface area contributed by atoms with E-state index in [0.29, 0.717) is 0 Å². The molecule has 0 heteroatoms. The Morgan fingerprint density at radius 2 is 0.286 bits per heavy atom. The zero-order valence-electron chi connectivity index (χ0n) is 48.9. The molecule has 9 fully saturated rings. The lowest BCUT2D eigenvalue weighted by atomic mass is 9.68. The molecule has 70 heavy (non-hydrogen) atoms. The SMILES string of the molecule is CC1CCC(CCC2CCC(C3CCC(C)CC3)CC2)CC1.CC1CCC(CCC2CCC(CCC3CCC(C)CC3)CC2)CC1.CC1CCC(CCCCC2CCC(C3CCC(C)CC3)CC2)CC1. The van der Waals surface area contributed by atoms with E-state index in [9.17, 15) is 0 Å². The van der Waals surface area contributed by atoms with Crippen LogP contribution in [0, 0.1) is 107 Å². The molecule has 408 valence electrons. The first-order valence-electron chi connectivity index (χ1n) is 34.1. The molecule has 0 heterocycles. The smallest absolute Gasteiger partial charge is 0.0386 e. The van der Waals surface area contributed by atoms with E-state index in [4.69, 9.17) is 0 Å². The summed E-state index contributed by atoms with van der Waals surface area (Å²) in [6.45, 7) is 14.7. The van der Waals surface area contributed by atoms with E-state index in [2.05, 4.69) is 41.5 Å². The summed E-state index contributed by atoms with van der Waals surface area (Å²) < 4.78 is 0. The highest BCUT2D eigenvalue weighted by atomic mass is 14.4. The van der Waals surface area contributed by atoms with Gasteiger partial charge in [-0.05, 0) is 158 Å². The Bertz CT molecular complexity index is 1220. The van der Waals surface area contributed by atoms with Crippen LogP contribution in [0.25, 0.3) is 0 Å². The van der Waals surface area contributed by atoms with E-state index >= 15 is 0 Å². The number of hydrogen-bond acceptors (Lipinski definition) is 0. The normalized spacial score (nSPS) is 42.1. The van der Waals surface area contributed by atoms with Crippen LogP contribution in [0.5, 0.6) is 0 Å². The van der Waals surface area contributed by atoms with Gasteiger partial charge in [0.25, 0.3) is 0 Å². The largest absolute Gasteiger partial charge is 0.0625 e. The average Bonchev–Trinajstić information content (AvgIpc) is 3.39. The monoisotopic (exact) mass is 969 g/mol. The maximum Gasteiger partial charge on any atom is -0.0386 e. The summed E-state index contributed by atoms with van der Waals surface area (Å²) in [5.74, 6) is 19.3. The van der Waals surface area contributed by atoms with Crippen LogP contribution < -0.4 is 0 Å². The first-order valence-corrected chi connectivity index (χ1v) is 34.1. The molecule has 0 spiro atoms. The van der Waals surface area contributed by atoms with Crippen molar-refractivity contribution in [3.05, 3.63) is 0 Å². The molecule has 9 aliphatic rings. The molecule has 0 saturated heterocycles. The lowest BCUT2D eigenvalue weighted by Crippen LogP contribution is -2.25. The van der Waals surface area contributed by atoms with Gasteiger partial charge in [0.2, 0.25) is 0 Å². The Labute approximate surface area is 441 Å². The lowest BCUT2D eigenvalue weighted by Gasteiger charge is -2.37. The molecule has 0 aromatic carbocycles. The molecular weight excluding hydrogens is 841 g/mol. The molecule has 0 radical (unpaired) electrons. The first-order chi connectivity index (χ1) is 34.1. The van der Waals surface area contributed by atoms with Gasteiger partial charge in [-0.2, -0.15) is 0 Å². The maximum atomic E-state index is 2.46. The standard InChI is InChI=1S/2C24H44.C22H40/c1-19-3-7-21(8-4-19)11-13-23-15-17-24(18-16-23)14-12-22-9-5-20(2)6-10-22;1-19-7-11-21(12-8-19)5-3-4-6-22-13-17-24(18-14-22)23-15-9-20(2)10-16-23;1-17-3-7-19(8-4-17)9-10-20-11-15-22(16-12-20)21-13-5-18(2)6-14-21/h2*19-24H,3-18H2,1-2H3;17-22H,3-16H2,1-2H3. The fourth-order valence-electron chi connectivity index (χ4n) is 18.0. The van der Waals surface area contributed by atoms with Crippen molar-refractivity contribution in [2.75, 3.05) is 0 Å². The van der Waals surface area contributed by atoms with Gasteiger partial charge in [0, 0.05) is 0 Å². The van der Waals surface area contributed by atoms with E-state index in [-0.39, 0.29) is 0 Å². The summed E-state index contributed by atoms with van der Waals surface area (Å²) in [6.07, 6.45) is 71.0. The van der Waals surface area contributed by atoms with Crippen molar-refractivity contribution in [3.8, 4) is 0 Å². The van der Waals surface area contributed by atoms with Gasteiger partial charge in [-0.25, -0.2) is 0 Å². The molecule has 9 saturated carbocycles. The van der Waals surface area contributed by atoms with Gasteiger partial charge in [-0.1, -0.05) is 286 Å². The highest BCUT2D eigenvalue weighted by molar-refractivity contribution is 4.84. The zero-order chi connectivity index (χ0) is 48.9. The topological polar surface area (TPSA) is 0 Å². The van der Waals surface area contributed by atoms with Gasteiger partial charge in [0.15, 0.2) is 0 Å². The van der Waals surface area contributed by atoms with Gasteiger partial charge in [0.05, 0.1) is 0 Å². The molecule has 0 aromatic heterocycles. The Morgan fingerprint density at radius 1 is 0.157 bits per heavy atom. The highest BCUT2D eigenvalue weighted by Gasteiger charge is 2.32. The molecule has 0 aromatic rings. The summed E-state index contributed by atoms with van der Waals surface area (Å²) in [7, 11) is 0. The molecule has 0 nitrogen and oxygen atoms in total. The molecule has 0 atom stereocenters. The minimum absolute atomic E-state index is 1.02. The fourth-order valence-corrected chi connectivity index (χ4v) is 18.0. The highest BCUT2D eigenvalue weighted by Crippen LogP contribution is 2.45. The summed E-state index contributed by atoms with van der Waals surface area (Å²) >= 11 is 0. The molecule has 9 rings (SSSR count). The summed E-state index contributed by atoms with van der Waals surface area (Å²) in [5.41, 5.74) is 0. The second-order valence-corrected chi connectivity index (χ2v) is 30.0. The van der Waals surface area contributed by atoms with Crippen molar-refractivity contribution in [1.29, 1.82) is 0 Å². The Kier molecular flexibility index (Phi) is 26.3. The molecular formula is C70H128. The van der Waals surface area contributed by atoms with Crippen LogP contribution >= 0.6 is 0 Å². The second-order valence-electron chi connectivity index (χ2n) is 30.0. The van der Waals surface area contributed by atoms with Crippen LogP contribution in [0.1, 0.15) is 337 Å². The van der Waals surface area contributed by atoms with E-state index in [0.717, 1.165) is 107 Å².